The second-order valence-electron chi connectivity index (χ2n) is 8.32. The van der Waals surface area contributed by atoms with E-state index < -0.39 is 35.3 Å². The summed E-state index contributed by atoms with van der Waals surface area (Å²) in [4.78, 5) is 27.7. The largest absolute Gasteiger partial charge is 0.467 e. The van der Waals surface area contributed by atoms with Gasteiger partial charge < -0.3 is 19.7 Å². The van der Waals surface area contributed by atoms with Crippen molar-refractivity contribution in [3.8, 4) is 5.75 Å². The molecule has 3 aromatic rings. The van der Waals surface area contributed by atoms with Gasteiger partial charge in [-0.25, -0.2) is 13.2 Å². The Morgan fingerprint density at radius 3 is 2.39 bits per heavy atom. The maximum absolute atomic E-state index is 14.1. The highest BCUT2D eigenvalue weighted by Gasteiger charge is 2.27. The molecule has 0 radical (unpaired) electrons. The van der Waals surface area contributed by atoms with Crippen LogP contribution in [0, 0.1) is 17.5 Å². The molecular weight excluding hydrogens is 497 g/mol. The Balaban J connectivity index is 1.58. The van der Waals surface area contributed by atoms with E-state index in [1.54, 1.807) is 24.3 Å². The van der Waals surface area contributed by atoms with Crippen LogP contribution in [0.2, 0.25) is 5.02 Å². The molecule has 0 saturated carbocycles. The molecule has 36 heavy (non-hydrogen) atoms. The SMILES string of the molecule is CN(C(=O)C(Cc1cc(F)cc(F)c1)NC(=O)Cc1cc(F)cc2c1OCOC2)c1ccc(Cl)cc1. The number of halogens is 4. The second-order valence-corrected chi connectivity index (χ2v) is 8.75. The third kappa shape index (κ3) is 6.16. The number of amides is 2. The molecule has 0 aliphatic carbocycles. The number of benzene rings is 3. The van der Waals surface area contributed by atoms with Crippen LogP contribution in [0.5, 0.6) is 5.75 Å². The van der Waals surface area contributed by atoms with Gasteiger partial charge in [-0.2, -0.15) is 0 Å². The molecule has 0 aromatic heterocycles. The lowest BCUT2D eigenvalue weighted by molar-refractivity contribution is -0.127. The lowest BCUT2D eigenvalue weighted by Gasteiger charge is -2.25. The summed E-state index contributed by atoms with van der Waals surface area (Å²) >= 11 is 5.93. The summed E-state index contributed by atoms with van der Waals surface area (Å²) in [7, 11) is 1.51. The summed E-state index contributed by atoms with van der Waals surface area (Å²) in [6.07, 6.45) is -0.463. The van der Waals surface area contributed by atoms with Gasteiger partial charge in [0.2, 0.25) is 11.8 Å². The molecule has 1 N–H and O–H groups in total. The fourth-order valence-corrected chi connectivity index (χ4v) is 4.12. The molecule has 2 amide bonds. The molecule has 4 rings (SSSR count). The third-order valence-electron chi connectivity index (χ3n) is 5.64. The predicted octanol–water partition coefficient (Wildman–Crippen LogP) is 4.56. The highest BCUT2D eigenvalue weighted by molar-refractivity contribution is 6.30. The van der Waals surface area contributed by atoms with Crippen LogP contribution in [0.25, 0.3) is 0 Å². The fraction of sp³-hybridized carbons (Fsp3) is 0.231. The van der Waals surface area contributed by atoms with E-state index in [1.807, 2.05) is 0 Å². The van der Waals surface area contributed by atoms with Crippen LogP contribution in [-0.4, -0.2) is 31.7 Å². The van der Waals surface area contributed by atoms with Crippen molar-refractivity contribution in [1.29, 1.82) is 0 Å². The van der Waals surface area contributed by atoms with Crippen LogP contribution >= 0.6 is 11.6 Å². The summed E-state index contributed by atoms with van der Waals surface area (Å²) in [6.45, 7) is 0.102. The Hall–Kier alpha value is -3.56. The number of nitrogens with zero attached hydrogens (tertiary/aromatic N) is 1. The second kappa shape index (κ2) is 11.0. The van der Waals surface area contributed by atoms with Gasteiger partial charge in [0.25, 0.3) is 0 Å². The van der Waals surface area contributed by atoms with Crippen molar-refractivity contribution in [3.05, 3.63) is 93.8 Å². The summed E-state index contributed by atoms with van der Waals surface area (Å²) in [5.41, 5.74) is 1.44. The first-order valence-electron chi connectivity index (χ1n) is 11.0. The molecule has 1 heterocycles. The molecule has 1 aliphatic heterocycles. The van der Waals surface area contributed by atoms with E-state index in [4.69, 9.17) is 21.1 Å². The molecular formula is C26H22ClF3N2O4. The van der Waals surface area contributed by atoms with Crippen LogP contribution < -0.4 is 15.0 Å². The summed E-state index contributed by atoms with van der Waals surface area (Å²) in [5.74, 6) is -2.94. The minimum Gasteiger partial charge on any atom is -0.467 e. The van der Waals surface area contributed by atoms with E-state index in [9.17, 15) is 22.8 Å². The van der Waals surface area contributed by atoms with E-state index in [0.717, 1.165) is 18.2 Å². The number of ether oxygens (including phenoxy) is 2. The number of hydrogen-bond acceptors (Lipinski definition) is 4. The molecule has 188 valence electrons. The first kappa shape index (κ1) is 25.5. The Morgan fingerprint density at radius 2 is 1.69 bits per heavy atom. The van der Waals surface area contributed by atoms with Gasteiger partial charge in [-0.15, -0.1) is 0 Å². The Morgan fingerprint density at radius 1 is 1.03 bits per heavy atom. The van der Waals surface area contributed by atoms with Crippen LogP contribution in [0.3, 0.4) is 0 Å². The molecule has 0 saturated heterocycles. The number of hydrogen-bond donors (Lipinski definition) is 1. The van der Waals surface area contributed by atoms with Crippen molar-refractivity contribution >= 4 is 29.1 Å². The smallest absolute Gasteiger partial charge is 0.249 e. The molecule has 6 nitrogen and oxygen atoms in total. The topological polar surface area (TPSA) is 67.9 Å². The number of carbonyl (C=O) groups is 2. The van der Waals surface area contributed by atoms with Gasteiger partial charge in [0, 0.05) is 41.4 Å². The van der Waals surface area contributed by atoms with Crippen molar-refractivity contribution in [3.63, 3.8) is 0 Å². The van der Waals surface area contributed by atoms with Gasteiger partial charge in [0.05, 0.1) is 13.0 Å². The van der Waals surface area contributed by atoms with Crippen molar-refractivity contribution in [2.24, 2.45) is 0 Å². The predicted molar refractivity (Wildman–Crippen MR) is 127 cm³/mol. The zero-order valence-electron chi connectivity index (χ0n) is 19.2. The molecule has 0 fully saturated rings. The standard InChI is InChI=1S/C26H22ClF3N2O4/c1-32(22-4-2-18(27)3-5-22)26(34)23(8-15-6-19(28)12-20(29)7-15)31-24(33)11-16-9-21(30)10-17-13-35-14-36-25(16)17/h2-7,9-10,12,23H,8,11,13-14H2,1H3,(H,31,33). The number of carbonyl (C=O) groups excluding carboxylic acids is 2. The van der Waals surface area contributed by atoms with Crippen LogP contribution in [-0.2, 0) is 33.8 Å². The molecule has 3 aromatic carbocycles. The molecule has 10 heteroatoms. The van der Waals surface area contributed by atoms with E-state index in [2.05, 4.69) is 5.32 Å². The van der Waals surface area contributed by atoms with Crippen molar-refractivity contribution in [2.45, 2.75) is 25.5 Å². The summed E-state index contributed by atoms with van der Waals surface area (Å²) in [6, 6.07) is 10.6. The minimum atomic E-state index is -1.17. The zero-order chi connectivity index (χ0) is 25.8. The quantitative estimate of drug-likeness (QED) is 0.498. The Bertz CT molecular complexity index is 1270. The van der Waals surface area contributed by atoms with E-state index >= 15 is 0 Å². The highest BCUT2D eigenvalue weighted by Crippen LogP contribution is 2.30. The number of rotatable bonds is 7. The van der Waals surface area contributed by atoms with Gasteiger partial charge in [0.1, 0.15) is 29.2 Å². The van der Waals surface area contributed by atoms with Crippen LogP contribution in [0.15, 0.2) is 54.6 Å². The number of fused-ring (bicyclic) bond motifs is 1. The Labute approximate surface area is 210 Å². The van der Waals surface area contributed by atoms with Crippen molar-refractivity contribution in [2.75, 3.05) is 18.7 Å². The third-order valence-corrected chi connectivity index (χ3v) is 5.89. The molecule has 1 aliphatic rings. The lowest BCUT2D eigenvalue weighted by atomic mass is 10.0. The van der Waals surface area contributed by atoms with Gasteiger partial charge >= 0.3 is 0 Å². The molecule has 1 unspecified atom stereocenters. The lowest BCUT2D eigenvalue weighted by Crippen LogP contribution is -2.49. The van der Waals surface area contributed by atoms with Gasteiger partial charge in [-0.05, 0) is 54.1 Å². The van der Waals surface area contributed by atoms with Crippen LogP contribution in [0.4, 0.5) is 18.9 Å². The maximum Gasteiger partial charge on any atom is 0.249 e. The molecule has 0 bridgehead atoms. The van der Waals surface area contributed by atoms with Crippen molar-refractivity contribution < 1.29 is 32.2 Å². The minimum absolute atomic E-state index is 0.0363. The first-order valence-corrected chi connectivity index (χ1v) is 11.4. The summed E-state index contributed by atoms with van der Waals surface area (Å²) < 4.78 is 52.3. The number of nitrogens with one attached hydrogen (secondary N) is 1. The molecule has 0 spiro atoms. The van der Waals surface area contributed by atoms with E-state index in [1.165, 1.54) is 24.1 Å². The average molecular weight is 519 g/mol. The van der Waals surface area contributed by atoms with E-state index in [0.29, 0.717) is 27.6 Å². The first-order chi connectivity index (χ1) is 17.2. The maximum atomic E-state index is 14.1. The average Bonchev–Trinajstić information content (AvgIpc) is 2.82. The zero-order valence-corrected chi connectivity index (χ0v) is 19.9. The van der Waals surface area contributed by atoms with Crippen LogP contribution in [0.1, 0.15) is 16.7 Å². The highest BCUT2D eigenvalue weighted by atomic mass is 35.5. The number of likely N-dealkylation sites (N-methyl/N-ethyl adjacent to an activating group) is 1. The number of anilines is 1. The normalized spacial score (nSPS) is 13.4. The van der Waals surface area contributed by atoms with Gasteiger partial charge in [0.15, 0.2) is 6.79 Å². The Kier molecular flexibility index (Phi) is 7.81. The van der Waals surface area contributed by atoms with E-state index in [-0.39, 0.29) is 31.8 Å². The summed E-state index contributed by atoms with van der Waals surface area (Å²) in [5, 5.41) is 3.11. The van der Waals surface area contributed by atoms with Crippen molar-refractivity contribution in [1.82, 2.24) is 5.32 Å². The fourth-order valence-electron chi connectivity index (χ4n) is 4.00. The molecule has 1 atom stereocenters. The van der Waals surface area contributed by atoms with Gasteiger partial charge in [-0.1, -0.05) is 11.6 Å². The monoisotopic (exact) mass is 518 g/mol. The van der Waals surface area contributed by atoms with Gasteiger partial charge in [-0.3, -0.25) is 9.59 Å².